The normalized spacial score (nSPS) is 11.0. The zero-order valence-electron chi connectivity index (χ0n) is 13.4. The zero-order chi connectivity index (χ0) is 18.3. The highest BCUT2D eigenvalue weighted by Crippen LogP contribution is 2.35. The fraction of sp³-hybridized carbons (Fsp3) is 0. The second-order valence-corrected chi connectivity index (χ2v) is 7.65. The van der Waals surface area contributed by atoms with E-state index in [0.29, 0.717) is 26.7 Å². The fourth-order valence-corrected chi connectivity index (χ4v) is 4.00. The van der Waals surface area contributed by atoms with E-state index in [1.165, 1.54) is 23.5 Å². The van der Waals surface area contributed by atoms with Crippen molar-refractivity contribution < 1.29 is 9.18 Å². The lowest BCUT2D eigenvalue weighted by atomic mass is 10.1. The molecule has 2 N–H and O–H groups in total. The summed E-state index contributed by atoms with van der Waals surface area (Å²) in [5.41, 5.74) is 8.74. The third kappa shape index (κ3) is 3.02. The molecular formula is C20H12BrFN2OS. The highest BCUT2D eigenvalue weighted by atomic mass is 79.9. The molecule has 0 fully saturated rings. The number of halogens is 2. The Bertz CT molecular complexity index is 1120. The first-order valence-corrected chi connectivity index (χ1v) is 9.39. The average Bonchev–Trinajstić information content (AvgIpc) is 2.98. The van der Waals surface area contributed by atoms with Crippen LogP contribution in [-0.4, -0.2) is 10.8 Å². The van der Waals surface area contributed by atoms with Crippen LogP contribution in [0.5, 0.6) is 0 Å². The van der Waals surface area contributed by atoms with E-state index in [0.717, 1.165) is 15.4 Å². The Morgan fingerprint density at radius 3 is 2.38 bits per heavy atom. The van der Waals surface area contributed by atoms with Crippen LogP contribution in [0.15, 0.2) is 65.1 Å². The van der Waals surface area contributed by atoms with Crippen molar-refractivity contribution >= 4 is 49.0 Å². The van der Waals surface area contributed by atoms with Crippen molar-refractivity contribution in [1.82, 2.24) is 4.98 Å². The molecule has 2 aromatic carbocycles. The second kappa shape index (κ2) is 6.63. The van der Waals surface area contributed by atoms with Gasteiger partial charge in [-0.1, -0.05) is 15.9 Å². The molecule has 0 radical (unpaired) electrons. The molecule has 0 spiro atoms. The van der Waals surface area contributed by atoms with Crippen LogP contribution in [-0.2, 0) is 0 Å². The van der Waals surface area contributed by atoms with Gasteiger partial charge in [-0.25, -0.2) is 9.37 Å². The molecule has 4 aromatic rings. The molecule has 0 aliphatic rings. The predicted molar refractivity (Wildman–Crippen MR) is 107 cm³/mol. The summed E-state index contributed by atoms with van der Waals surface area (Å²) in [5.74, 6) is -0.418. The van der Waals surface area contributed by atoms with Crippen LogP contribution >= 0.6 is 27.3 Å². The number of nitrogens with zero attached hydrogens (tertiary/aromatic N) is 1. The summed E-state index contributed by atoms with van der Waals surface area (Å²) in [5, 5.41) is 0.751. The average molecular weight is 427 g/mol. The van der Waals surface area contributed by atoms with E-state index in [1.54, 1.807) is 24.3 Å². The van der Waals surface area contributed by atoms with Gasteiger partial charge >= 0.3 is 0 Å². The summed E-state index contributed by atoms with van der Waals surface area (Å²) in [4.78, 5) is 18.6. The standard InChI is InChI=1S/C20H12BrFN2OS/c21-13-5-1-12(2-6-13)18(25)19-17(23)15-9-10-16(24-20(15)26-19)11-3-7-14(22)8-4-11/h1-10H,23H2. The van der Waals surface area contributed by atoms with Gasteiger partial charge in [0.05, 0.1) is 11.4 Å². The summed E-state index contributed by atoms with van der Waals surface area (Å²) in [6.07, 6.45) is 0. The van der Waals surface area contributed by atoms with Crippen LogP contribution in [0.4, 0.5) is 10.1 Å². The number of thiophene rings is 1. The predicted octanol–water partition coefficient (Wildman–Crippen LogP) is 5.68. The van der Waals surface area contributed by atoms with E-state index in [1.807, 2.05) is 24.3 Å². The Labute approximate surface area is 161 Å². The van der Waals surface area contributed by atoms with Crippen LogP contribution in [0.2, 0.25) is 0 Å². The number of nitrogen functional groups attached to an aromatic ring is 1. The van der Waals surface area contributed by atoms with Crippen molar-refractivity contribution in [2.24, 2.45) is 0 Å². The van der Waals surface area contributed by atoms with Crippen LogP contribution in [0.1, 0.15) is 15.2 Å². The van der Waals surface area contributed by atoms with E-state index in [4.69, 9.17) is 5.73 Å². The summed E-state index contributed by atoms with van der Waals surface area (Å²) >= 11 is 4.63. The number of benzene rings is 2. The van der Waals surface area contributed by atoms with Crippen molar-refractivity contribution in [3.8, 4) is 11.3 Å². The van der Waals surface area contributed by atoms with Gasteiger partial charge in [0.1, 0.15) is 15.5 Å². The van der Waals surface area contributed by atoms with Crippen LogP contribution in [0.25, 0.3) is 21.5 Å². The fourth-order valence-electron chi connectivity index (χ4n) is 2.68. The summed E-state index contributed by atoms with van der Waals surface area (Å²) in [6.45, 7) is 0. The van der Waals surface area contributed by atoms with Gasteiger partial charge < -0.3 is 5.73 Å². The number of hydrogen-bond acceptors (Lipinski definition) is 4. The zero-order valence-corrected chi connectivity index (χ0v) is 15.8. The highest BCUT2D eigenvalue weighted by Gasteiger charge is 2.19. The minimum Gasteiger partial charge on any atom is -0.397 e. The van der Waals surface area contributed by atoms with Gasteiger partial charge in [-0.2, -0.15) is 0 Å². The van der Waals surface area contributed by atoms with Crippen LogP contribution < -0.4 is 5.73 Å². The first kappa shape index (κ1) is 16.9. The van der Waals surface area contributed by atoms with Crippen LogP contribution in [0.3, 0.4) is 0 Å². The van der Waals surface area contributed by atoms with E-state index < -0.39 is 0 Å². The molecule has 3 nitrogen and oxygen atoms in total. The molecule has 0 unspecified atom stereocenters. The van der Waals surface area contributed by atoms with E-state index in [9.17, 15) is 9.18 Å². The maximum absolute atomic E-state index is 13.1. The Morgan fingerprint density at radius 1 is 1.00 bits per heavy atom. The summed E-state index contributed by atoms with van der Waals surface area (Å²) in [6, 6.07) is 17.0. The molecule has 0 atom stereocenters. The van der Waals surface area contributed by atoms with E-state index >= 15 is 0 Å². The summed E-state index contributed by atoms with van der Waals surface area (Å²) < 4.78 is 14.0. The number of pyridine rings is 1. The van der Waals surface area contributed by atoms with Gasteiger partial charge in [-0.15, -0.1) is 11.3 Å². The number of anilines is 1. The van der Waals surface area contributed by atoms with E-state index in [-0.39, 0.29) is 11.6 Å². The first-order chi connectivity index (χ1) is 12.5. The van der Waals surface area contributed by atoms with Crippen molar-refractivity contribution in [2.45, 2.75) is 0 Å². The first-order valence-electron chi connectivity index (χ1n) is 7.78. The number of hydrogen-bond donors (Lipinski definition) is 1. The molecule has 0 saturated carbocycles. The maximum Gasteiger partial charge on any atom is 0.205 e. The number of fused-ring (bicyclic) bond motifs is 1. The van der Waals surface area contributed by atoms with Crippen LogP contribution in [0, 0.1) is 5.82 Å². The van der Waals surface area contributed by atoms with Crippen molar-refractivity contribution in [1.29, 1.82) is 0 Å². The molecule has 26 heavy (non-hydrogen) atoms. The molecule has 2 aromatic heterocycles. The highest BCUT2D eigenvalue weighted by molar-refractivity contribution is 9.10. The largest absolute Gasteiger partial charge is 0.397 e. The Balaban J connectivity index is 1.77. The van der Waals surface area contributed by atoms with Gasteiger partial charge in [0, 0.05) is 21.0 Å². The number of ketones is 1. The Hall–Kier alpha value is -2.57. The lowest BCUT2D eigenvalue weighted by Gasteiger charge is -2.01. The topological polar surface area (TPSA) is 56.0 Å². The van der Waals surface area contributed by atoms with E-state index in [2.05, 4.69) is 20.9 Å². The number of rotatable bonds is 3. The minimum atomic E-state index is -0.294. The molecular weight excluding hydrogens is 415 g/mol. The number of nitrogens with two attached hydrogens (primary N) is 1. The molecule has 0 aliphatic heterocycles. The second-order valence-electron chi connectivity index (χ2n) is 5.74. The van der Waals surface area contributed by atoms with Gasteiger partial charge in [-0.3, -0.25) is 4.79 Å². The molecule has 0 amide bonds. The molecule has 0 saturated heterocycles. The van der Waals surface area contributed by atoms with Gasteiger partial charge in [0.2, 0.25) is 5.78 Å². The lowest BCUT2D eigenvalue weighted by molar-refractivity contribution is 0.104. The molecule has 4 rings (SSSR count). The third-order valence-corrected chi connectivity index (χ3v) is 5.69. The quantitative estimate of drug-likeness (QED) is 0.428. The number of aromatic nitrogens is 1. The minimum absolute atomic E-state index is 0.124. The SMILES string of the molecule is Nc1c(C(=O)c2ccc(Br)cc2)sc2nc(-c3ccc(F)cc3)ccc12. The van der Waals surface area contributed by atoms with Gasteiger partial charge in [0.15, 0.2) is 0 Å². The Morgan fingerprint density at radius 2 is 1.69 bits per heavy atom. The lowest BCUT2D eigenvalue weighted by Crippen LogP contribution is -2.01. The van der Waals surface area contributed by atoms with Crippen molar-refractivity contribution in [2.75, 3.05) is 5.73 Å². The van der Waals surface area contributed by atoms with Crippen molar-refractivity contribution in [3.05, 3.63) is 81.4 Å². The maximum atomic E-state index is 13.1. The number of carbonyl (C=O) groups is 1. The molecule has 2 heterocycles. The molecule has 6 heteroatoms. The molecule has 128 valence electrons. The third-order valence-electron chi connectivity index (χ3n) is 4.05. The number of carbonyl (C=O) groups excluding carboxylic acids is 1. The van der Waals surface area contributed by atoms with Gasteiger partial charge in [-0.05, 0) is 60.7 Å². The molecule has 0 aliphatic carbocycles. The molecule has 0 bridgehead atoms. The summed E-state index contributed by atoms with van der Waals surface area (Å²) in [7, 11) is 0. The Kier molecular flexibility index (Phi) is 4.30. The van der Waals surface area contributed by atoms with Crippen molar-refractivity contribution in [3.63, 3.8) is 0 Å². The monoisotopic (exact) mass is 426 g/mol. The smallest absolute Gasteiger partial charge is 0.205 e. The van der Waals surface area contributed by atoms with Gasteiger partial charge in [0.25, 0.3) is 0 Å².